The Morgan fingerprint density at radius 1 is 1.26 bits per heavy atom. The van der Waals surface area contributed by atoms with Gasteiger partial charge >= 0.3 is 0 Å². The Balaban J connectivity index is 1.99. The molecular formula is C20H20BrN3O2S. The van der Waals surface area contributed by atoms with Gasteiger partial charge in [0.05, 0.1) is 5.56 Å². The number of halogens is 1. The first-order valence-electron chi connectivity index (χ1n) is 8.76. The molecule has 4 rings (SSSR count). The summed E-state index contributed by atoms with van der Waals surface area (Å²) < 4.78 is 0.913. The largest absolute Gasteiger partial charge is 0.343 e. The second-order valence-electron chi connectivity index (χ2n) is 7.78. The molecule has 7 heteroatoms. The minimum absolute atomic E-state index is 0.0951. The fourth-order valence-corrected chi connectivity index (χ4v) is 4.80. The number of thioether (sulfide) groups is 1. The predicted octanol–water partition coefficient (Wildman–Crippen LogP) is 4.45. The second-order valence-corrected chi connectivity index (χ2v) is 9.49. The number of aromatic amines is 1. The minimum Gasteiger partial charge on any atom is -0.343 e. The molecule has 1 aromatic carbocycles. The summed E-state index contributed by atoms with van der Waals surface area (Å²) >= 11 is 4.90. The number of carbonyl (C=O) groups excluding carboxylic acids is 1. The van der Waals surface area contributed by atoms with Crippen LogP contribution in [0.15, 0.2) is 50.0 Å². The lowest BCUT2D eigenvalue weighted by molar-refractivity contribution is -0.118. The number of benzene rings is 1. The summed E-state index contributed by atoms with van der Waals surface area (Å²) in [6.07, 6.45) is 3.10. The number of allylic oxidation sites excluding steroid dienone is 2. The number of ketones is 1. The summed E-state index contributed by atoms with van der Waals surface area (Å²) in [7, 11) is 0. The van der Waals surface area contributed by atoms with Gasteiger partial charge in [0.15, 0.2) is 10.9 Å². The van der Waals surface area contributed by atoms with Crippen molar-refractivity contribution in [1.82, 2.24) is 9.97 Å². The number of aromatic nitrogens is 2. The third-order valence-corrected chi connectivity index (χ3v) is 6.15. The van der Waals surface area contributed by atoms with E-state index in [9.17, 15) is 9.59 Å². The number of nitrogens with zero attached hydrogens (tertiary/aromatic N) is 1. The lowest BCUT2D eigenvalue weighted by Gasteiger charge is -2.38. The number of H-pyrrole nitrogens is 1. The number of anilines is 1. The van der Waals surface area contributed by atoms with Crippen LogP contribution in [0.25, 0.3) is 0 Å². The molecule has 0 spiro atoms. The van der Waals surface area contributed by atoms with Gasteiger partial charge in [0, 0.05) is 28.1 Å². The van der Waals surface area contributed by atoms with Crippen molar-refractivity contribution in [3.63, 3.8) is 0 Å². The average Bonchev–Trinajstić information content (AvgIpc) is 2.58. The molecule has 0 saturated carbocycles. The summed E-state index contributed by atoms with van der Waals surface area (Å²) in [6.45, 7) is 4.19. The smallest absolute Gasteiger partial charge is 0.257 e. The van der Waals surface area contributed by atoms with Crippen LogP contribution in [0.1, 0.15) is 43.7 Å². The molecule has 1 aliphatic heterocycles. The summed E-state index contributed by atoms with van der Waals surface area (Å²) in [5.41, 5.74) is 2.69. The minimum atomic E-state index is -0.412. The quantitative estimate of drug-likeness (QED) is 0.527. The summed E-state index contributed by atoms with van der Waals surface area (Å²) in [4.78, 5) is 33.5. The van der Waals surface area contributed by atoms with E-state index >= 15 is 0 Å². The molecule has 5 nitrogen and oxygen atoms in total. The molecule has 2 N–H and O–H groups in total. The topological polar surface area (TPSA) is 74.8 Å². The van der Waals surface area contributed by atoms with Crippen LogP contribution in [0.4, 0.5) is 5.82 Å². The van der Waals surface area contributed by atoms with Gasteiger partial charge in [0.1, 0.15) is 5.82 Å². The molecule has 0 amide bonds. The van der Waals surface area contributed by atoms with Crippen molar-refractivity contribution < 1.29 is 4.79 Å². The van der Waals surface area contributed by atoms with Gasteiger partial charge in [-0.05, 0) is 35.8 Å². The van der Waals surface area contributed by atoms with E-state index in [2.05, 4.69) is 45.1 Å². The molecule has 2 aromatic rings. The second kappa shape index (κ2) is 6.63. The average molecular weight is 446 g/mol. The van der Waals surface area contributed by atoms with Gasteiger partial charge in [-0.25, -0.2) is 4.98 Å². The maximum absolute atomic E-state index is 13.1. The zero-order valence-corrected chi connectivity index (χ0v) is 17.8. The molecule has 0 bridgehead atoms. The van der Waals surface area contributed by atoms with Crippen molar-refractivity contribution in [3.8, 4) is 0 Å². The maximum atomic E-state index is 13.1. The number of Topliss-reactive ketones (excluding diaryl/α,β-unsaturated/α-hetero) is 1. The molecule has 140 valence electrons. The fourth-order valence-electron chi connectivity index (χ4n) is 4.01. The lowest BCUT2D eigenvalue weighted by Crippen LogP contribution is -2.37. The van der Waals surface area contributed by atoms with Crippen LogP contribution in [-0.4, -0.2) is 22.0 Å². The Hall–Kier alpha value is -1.86. The molecular weight excluding hydrogens is 426 g/mol. The highest BCUT2D eigenvalue weighted by molar-refractivity contribution is 9.10. The molecule has 0 saturated heterocycles. The maximum Gasteiger partial charge on any atom is 0.257 e. The molecule has 27 heavy (non-hydrogen) atoms. The molecule has 2 aliphatic rings. The Kier molecular flexibility index (Phi) is 4.55. The first kappa shape index (κ1) is 18.5. The van der Waals surface area contributed by atoms with Gasteiger partial charge in [0.25, 0.3) is 5.56 Å². The SMILES string of the molecule is CSc1nc2c(c(=O)[nH]1)C(c1cccc(Br)c1)C1=C(CC(C)(C)CC1=O)N2. The highest BCUT2D eigenvalue weighted by Crippen LogP contribution is 2.47. The van der Waals surface area contributed by atoms with Crippen LogP contribution in [0.2, 0.25) is 0 Å². The van der Waals surface area contributed by atoms with Crippen LogP contribution in [0, 0.1) is 5.41 Å². The summed E-state index contributed by atoms with van der Waals surface area (Å²) in [5, 5.41) is 3.88. The Bertz CT molecular complexity index is 1040. The van der Waals surface area contributed by atoms with Gasteiger partial charge in [-0.1, -0.05) is 53.7 Å². The van der Waals surface area contributed by atoms with Crippen LogP contribution < -0.4 is 10.9 Å². The van der Waals surface area contributed by atoms with E-state index in [0.717, 1.165) is 22.2 Å². The lowest BCUT2D eigenvalue weighted by atomic mass is 9.69. The highest BCUT2D eigenvalue weighted by Gasteiger charge is 2.42. The Morgan fingerprint density at radius 3 is 2.74 bits per heavy atom. The Morgan fingerprint density at radius 2 is 2.04 bits per heavy atom. The van der Waals surface area contributed by atoms with Crippen molar-refractivity contribution in [2.45, 2.75) is 37.8 Å². The molecule has 0 radical (unpaired) electrons. The number of hydrogen-bond acceptors (Lipinski definition) is 5. The Labute approximate surface area is 170 Å². The first-order chi connectivity index (χ1) is 12.8. The van der Waals surface area contributed by atoms with Crippen LogP contribution >= 0.6 is 27.7 Å². The van der Waals surface area contributed by atoms with Gasteiger partial charge in [-0.15, -0.1) is 0 Å². The highest BCUT2D eigenvalue weighted by atomic mass is 79.9. The van der Waals surface area contributed by atoms with E-state index in [1.165, 1.54) is 11.8 Å². The summed E-state index contributed by atoms with van der Waals surface area (Å²) in [6, 6.07) is 7.80. The molecule has 2 heterocycles. The van der Waals surface area contributed by atoms with E-state index in [4.69, 9.17) is 0 Å². The van der Waals surface area contributed by atoms with Gasteiger partial charge in [-0.3, -0.25) is 9.59 Å². The molecule has 1 aliphatic carbocycles. The molecule has 1 atom stereocenters. The first-order valence-corrected chi connectivity index (χ1v) is 10.8. The van der Waals surface area contributed by atoms with Crippen molar-refractivity contribution in [2.75, 3.05) is 11.6 Å². The van der Waals surface area contributed by atoms with E-state index in [-0.39, 0.29) is 16.8 Å². The van der Waals surface area contributed by atoms with E-state index < -0.39 is 5.92 Å². The van der Waals surface area contributed by atoms with Crippen LogP contribution in [-0.2, 0) is 4.79 Å². The van der Waals surface area contributed by atoms with Gasteiger partial charge in [-0.2, -0.15) is 0 Å². The number of carbonyl (C=O) groups is 1. The standard InChI is InChI=1S/C20H20BrN3O2S/c1-20(2)8-12-15(13(25)9-20)14(10-5-4-6-11(21)7-10)16-17(22-12)23-19(27-3)24-18(16)26/h4-7,14H,8-9H2,1-3H3,(H2,22,23,24,26). The van der Waals surface area contributed by atoms with Gasteiger partial charge in [0.2, 0.25) is 0 Å². The number of nitrogens with one attached hydrogen (secondary N) is 2. The van der Waals surface area contributed by atoms with Crippen molar-refractivity contribution in [3.05, 3.63) is 61.5 Å². The normalized spacial score (nSPS) is 20.7. The third-order valence-electron chi connectivity index (χ3n) is 5.08. The van der Waals surface area contributed by atoms with Gasteiger partial charge < -0.3 is 10.3 Å². The third kappa shape index (κ3) is 3.27. The monoisotopic (exact) mass is 445 g/mol. The molecule has 1 unspecified atom stereocenters. The molecule has 1 aromatic heterocycles. The number of rotatable bonds is 2. The van der Waals surface area contributed by atoms with Crippen molar-refractivity contribution >= 4 is 39.3 Å². The van der Waals surface area contributed by atoms with E-state index in [1.807, 2.05) is 30.5 Å². The summed E-state index contributed by atoms with van der Waals surface area (Å²) in [5.74, 6) is 0.236. The van der Waals surface area contributed by atoms with Crippen LogP contribution in [0.5, 0.6) is 0 Å². The zero-order chi connectivity index (χ0) is 19.3. The fraction of sp³-hybridized carbons (Fsp3) is 0.350. The number of fused-ring (bicyclic) bond motifs is 1. The molecule has 0 fully saturated rings. The van der Waals surface area contributed by atoms with E-state index in [1.54, 1.807) is 0 Å². The van der Waals surface area contributed by atoms with Crippen molar-refractivity contribution in [1.29, 1.82) is 0 Å². The predicted molar refractivity (Wildman–Crippen MR) is 111 cm³/mol. The number of hydrogen-bond donors (Lipinski definition) is 2. The van der Waals surface area contributed by atoms with E-state index in [0.29, 0.717) is 28.5 Å². The van der Waals surface area contributed by atoms with Crippen molar-refractivity contribution in [2.24, 2.45) is 5.41 Å². The van der Waals surface area contributed by atoms with Crippen LogP contribution in [0.3, 0.4) is 0 Å². The zero-order valence-electron chi connectivity index (χ0n) is 15.4.